The minimum atomic E-state index is -0.181. The monoisotopic (exact) mass is 268 g/mol. The van der Waals surface area contributed by atoms with Crippen LogP contribution >= 0.6 is 0 Å². The number of amides is 2. The summed E-state index contributed by atoms with van der Waals surface area (Å²) in [4.78, 5) is 22.7. The molecule has 4 nitrogen and oxygen atoms in total. The smallest absolute Gasteiger partial charge is 0.221 e. The van der Waals surface area contributed by atoms with Crippen LogP contribution in [0.3, 0.4) is 0 Å². The van der Waals surface area contributed by atoms with Gasteiger partial charge in [0.05, 0.1) is 11.4 Å². The molecule has 2 aromatic rings. The maximum Gasteiger partial charge on any atom is 0.221 e. The van der Waals surface area contributed by atoms with Crippen molar-refractivity contribution < 1.29 is 9.59 Å². The maximum absolute atomic E-state index is 11.4. The van der Waals surface area contributed by atoms with Crippen LogP contribution in [0.25, 0.3) is 11.1 Å². The Hall–Kier alpha value is -2.62. The molecule has 2 rings (SSSR count). The SMILES string of the molecule is CC(=O)Nc1cccc(-c2ccccc2)c1NC(C)=O. The average molecular weight is 268 g/mol. The van der Waals surface area contributed by atoms with Crippen LogP contribution in [0, 0.1) is 0 Å². The molecule has 2 N–H and O–H groups in total. The molecule has 0 unspecified atom stereocenters. The van der Waals surface area contributed by atoms with E-state index in [0.717, 1.165) is 11.1 Å². The summed E-state index contributed by atoms with van der Waals surface area (Å²) in [5.41, 5.74) is 3.05. The van der Waals surface area contributed by atoms with E-state index in [-0.39, 0.29) is 11.8 Å². The number of para-hydroxylation sites is 1. The van der Waals surface area contributed by atoms with Crippen LogP contribution in [-0.2, 0) is 9.59 Å². The van der Waals surface area contributed by atoms with Crippen LogP contribution < -0.4 is 10.6 Å². The highest BCUT2D eigenvalue weighted by molar-refractivity contribution is 6.03. The molecule has 2 amide bonds. The van der Waals surface area contributed by atoms with E-state index in [1.165, 1.54) is 13.8 Å². The molecule has 0 aliphatic heterocycles. The molecule has 20 heavy (non-hydrogen) atoms. The molecule has 0 aliphatic carbocycles. The van der Waals surface area contributed by atoms with Crippen LogP contribution in [0.2, 0.25) is 0 Å². The molecule has 2 aromatic carbocycles. The third kappa shape index (κ3) is 3.23. The molecule has 4 heteroatoms. The lowest BCUT2D eigenvalue weighted by molar-refractivity contribution is -0.115. The number of carbonyl (C=O) groups is 2. The number of carbonyl (C=O) groups excluding carboxylic acids is 2. The molecular weight excluding hydrogens is 252 g/mol. The average Bonchev–Trinajstić information content (AvgIpc) is 2.40. The quantitative estimate of drug-likeness (QED) is 0.897. The summed E-state index contributed by atoms with van der Waals surface area (Å²) in [5, 5.41) is 5.53. The zero-order valence-corrected chi connectivity index (χ0v) is 11.4. The fourth-order valence-corrected chi connectivity index (χ4v) is 2.02. The van der Waals surface area contributed by atoms with E-state index < -0.39 is 0 Å². The first-order valence-electron chi connectivity index (χ1n) is 6.31. The molecule has 0 aliphatic rings. The molecular formula is C16H16N2O2. The van der Waals surface area contributed by atoms with Gasteiger partial charge in [0, 0.05) is 19.4 Å². The summed E-state index contributed by atoms with van der Waals surface area (Å²) in [6.07, 6.45) is 0. The highest BCUT2D eigenvalue weighted by Crippen LogP contribution is 2.34. The van der Waals surface area contributed by atoms with Gasteiger partial charge in [-0.15, -0.1) is 0 Å². The van der Waals surface area contributed by atoms with Crippen molar-refractivity contribution in [3.8, 4) is 11.1 Å². The van der Waals surface area contributed by atoms with Crippen molar-refractivity contribution in [2.75, 3.05) is 10.6 Å². The lowest BCUT2D eigenvalue weighted by Crippen LogP contribution is -2.13. The van der Waals surface area contributed by atoms with Gasteiger partial charge in [-0.2, -0.15) is 0 Å². The van der Waals surface area contributed by atoms with Crippen molar-refractivity contribution in [2.24, 2.45) is 0 Å². The highest BCUT2D eigenvalue weighted by atomic mass is 16.2. The predicted octanol–water partition coefficient (Wildman–Crippen LogP) is 3.27. The highest BCUT2D eigenvalue weighted by Gasteiger charge is 2.12. The Morgan fingerprint density at radius 3 is 2.05 bits per heavy atom. The topological polar surface area (TPSA) is 58.2 Å². The first-order valence-corrected chi connectivity index (χ1v) is 6.31. The predicted molar refractivity (Wildman–Crippen MR) is 80.5 cm³/mol. The van der Waals surface area contributed by atoms with Gasteiger partial charge in [0.15, 0.2) is 0 Å². The zero-order chi connectivity index (χ0) is 14.5. The molecule has 0 aromatic heterocycles. The van der Waals surface area contributed by atoms with E-state index in [1.807, 2.05) is 42.5 Å². The van der Waals surface area contributed by atoms with Crippen LogP contribution in [0.5, 0.6) is 0 Å². The first-order chi connectivity index (χ1) is 9.58. The number of nitrogens with one attached hydrogen (secondary N) is 2. The molecule has 0 spiro atoms. The van der Waals surface area contributed by atoms with E-state index in [2.05, 4.69) is 10.6 Å². The molecule has 0 bridgehead atoms. The summed E-state index contributed by atoms with van der Waals surface area (Å²) in [7, 11) is 0. The Morgan fingerprint density at radius 2 is 1.45 bits per heavy atom. The Kier molecular flexibility index (Phi) is 4.15. The van der Waals surface area contributed by atoms with Crippen molar-refractivity contribution in [3.05, 3.63) is 48.5 Å². The number of rotatable bonds is 3. The summed E-state index contributed by atoms with van der Waals surface area (Å²) in [6, 6.07) is 15.2. The number of anilines is 2. The molecule has 0 atom stereocenters. The van der Waals surface area contributed by atoms with Gasteiger partial charge in [-0.1, -0.05) is 42.5 Å². The molecule has 0 fully saturated rings. The molecule has 0 heterocycles. The van der Waals surface area contributed by atoms with Gasteiger partial charge in [0.25, 0.3) is 0 Å². The number of hydrogen-bond donors (Lipinski definition) is 2. The van der Waals surface area contributed by atoms with E-state index in [1.54, 1.807) is 6.07 Å². The second kappa shape index (κ2) is 6.02. The fourth-order valence-electron chi connectivity index (χ4n) is 2.02. The molecule has 0 saturated carbocycles. The Labute approximate surface area is 117 Å². The van der Waals surface area contributed by atoms with Crippen molar-refractivity contribution in [3.63, 3.8) is 0 Å². The standard InChI is InChI=1S/C16H16N2O2/c1-11(19)17-15-10-6-9-14(16(15)18-12(2)20)13-7-4-3-5-8-13/h3-10H,1-2H3,(H,17,19)(H,18,20). The lowest BCUT2D eigenvalue weighted by atomic mass is 10.0. The first kappa shape index (κ1) is 13.8. The second-order valence-electron chi connectivity index (χ2n) is 4.46. The molecule has 0 radical (unpaired) electrons. The van der Waals surface area contributed by atoms with E-state index >= 15 is 0 Å². The van der Waals surface area contributed by atoms with Gasteiger partial charge in [0.2, 0.25) is 11.8 Å². The van der Waals surface area contributed by atoms with E-state index in [4.69, 9.17) is 0 Å². The fraction of sp³-hybridized carbons (Fsp3) is 0.125. The second-order valence-corrected chi connectivity index (χ2v) is 4.46. The van der Waals surface area contributed by atoms with Crippen LogP contribution in [0.15, 0.2) is 48.5 Å². The van der Waals surface area contributed by atoms with Gasteiger partial charge in [-0.25, -0.2) is 0 Å². The minimum absolute atomic E-state index is 0.179. The molecule has 102 valence electrons. The third-order valence-electron chi connectivity index (χ3n) is 2.76. The number of benzene rings is 2. The minimum Gasteiger partial charge on any atom is -0.325 e. The van der Waals surface area contributed by atoms with Crippen molar-refractivity contribution >= 4 is 23.2 Å². The third-order valence-corrected chi connectivity index (χ3v) is 2.76. The Balaban J connectivity index is 2.55. The Bertz CT molecular complexity index is 636. The number of hydrogen-bond acceptors (Lipinski definition) is 2. The van der Waals surface area contributed by atoms with Crippen LogP contribution in [-0.4, -0.2) is 11.8 Å². The van der Waals surface area contributed by atoms with Gasteiger partial charge in [-0.3, -0.25) is 9.59 Å². The van der Waals surface area contributed by atoms with Gasteiger partial charge in [-0.05, 0) is 11.6 Å². The lowest BCUT2D eigenvalue weighted by Gasteiger charge is -2.15. The summed E-state index contributed by atoms with van der Waals surface area (Å²) >= 11 is 0. The zero-order valence-electron chi connectivity index (χ0n) is 11.4. The Morgan fingerprint density at radius 1 is 0.800 bits per heavy atom. The van der Waals surface area contributed by atoms with E-state index in [9.17, 15) is 9.59 Å². The van der Waals surface area contributed by atoms with Crippen molar-refractivity contribution in [1.82, 2.24) is 0 Å². The van der Waals surface area contributed by atoms with Gasteiger partial charge >= 0.3 is 0 Å². The summed E-state index contributed by atoms with van der Waals surface area (Å²) in [5.74, 6) is -0.359. The largest absolute Gasteiger partial charge is 0.325 e. The summed E-state index contributed by atoms with van der Waals surface area (Å²) < 4.78 is 0. The van der Waals surface area contributed by atoms with Crippen LogP contribution in [0.1, 0.15) is 13.8 Å². The maximum atomic E-state index is 11.4. The van der Waals surface area contributed by atoms with Crippen molar-refractivity contribution in [1.29, 1.82) is 0 Å². The van der Waals surface area contributed by atoms with Gasteiger partial charge in [0.1, 0.15) is 0 Å². The van der Waals surface area contributed by atoms with E-state index in [0.29, 0.717) is 11.4 Å². The molecule has 0 saturated heterocycles. The van der Waals surface area contributed by atoms with Crippen molar-refractivity contribution in [2.45, 2.75) is 13.8 Å². The van der Waals surface area contributed by atoms with Gasteiger partial charge < -0.3 is 10.6 Å². The summed E-state index contributed by atoms with van der Waals surface area (Å²) in [6.45, 7) is 2.88. The van der Waals surface area contributed by atoms with Crippen LogP contribution in [0.4, 0.5) is 11.4 Å². The normalized spacial score (nSPS) is 9.90.